The van der Waals surface area contributed by atoms with Gasteiger partial charge in [-0.25, -0.2) is 0 Å². The van der Waals surface area contributed by atoms with Gasteiger partial charge in [-0.05, 0) is 77.1 Å². The number of nitrogens with zero attached hydrogens (tertiary/aromatic N) is 2. The predicted molar refractivity (Wildman–Crippen MR) is 102 cm³/mol. The number of anilines is 1. The number of nitrogens with one attached hydrogen (secondary N) is 1. The Bertz CT molecular complexity index is 642. The van der Waals surface area contributed by atoms with Gasteiger partial charge in [0.05, 0.1) is 6.54 Å². The molecule has 0 saturated heterocycles. The Hall–Kier alpha value is -2.37. The molecule has 0 fully saturated rings. The standard InChI is InChI=1S/C20H27N3O2/c1-22(2)14-7-15-23(3)16-20(24)21-17-10-12-19(13-11-17)25-18-8-5-4-6-9-18/h4-6,8-13H,7,14-16H2,1-3H3,(H,21,24). The third-order valence-corrected chi connectivity index (χ3v) is 3.68. The molecule has 2 aromatic rings. The second kappa shape index (κ2) is 9.81. The third-order valence-electron chi connectivity index (χ3n) is 3.68. The molecule has 0 saturated carbocycles. The van der Waals surface area contributed by atoms with Crippen LogP contribution in [-0.4, -0.2) is 56.5 Å². The molecule has 0 aromatic heterocycles. The van der Waals surface area contributed by atoms with Gasteiger partial charge in [0, 0.05) is 5.69 Å². The van der Waals surface area contributed by atoms with Crippen molar-refractivity contribution in [1.29, 1.82) is 0 Å². The zero-order valence-corrected chi connectivity index (χ0v) is 15.2. The van der Waals surface area contributed by atoms with Crippen LogP contribution in [0.25, 0.3) is 0 Å². The largest absolute Gasteiger partial charge is 0.457 e. The van der Waals surface area contributed by atoms with Crippen LogP contribution in [-0.2, 0) is 4.79 Å². The normalized spacial score (nSPS) is 10.9. The summed E-state index contributed by atoms with van der Waals surface area (Å²) in [6.07, 6.45) is 1.04. The lowest BCUT2D eigenvalue weighted by Crippen LogP contribution is -2.32. The molecule has 2 aromatic carbocycles. The van der Waals surface area contributed by atoms with Crippen molar-refractivity contribution in [3.05, 3.63) is 54.6 Å². The average Bonchev–Trinajstić information content (AvgIpc) is 2.57. The van der Waals surface area contributed by atoms with E-state index >= 15 is 0 Å². The number of benzene rings is 2. The summed E-state index contributed by atoms with van der Waals surface area (Å²) in [6, 6.07) is 17.0. The summed E-state index contributed by atoms with van der Waals surface area (Å²) in [5.74, 6) is 1.52. The molecule has 0 bridgehead atoms. The fourth-order valence-electron chi connectivity index (χ4n) is 2.41. The van der Waals surface area contributed by atoms with Crippen molar-refractivity contribution in [3.63, 3.8) is 0 Å². The number of para-hydroxylation sites is 1. The Balaban J connectivity index is 1.77. The SMILES string of the molecule is CN(C)CCCN(C)CC(=O)Nc1ccc(Oc2ccccc2)cc1. The number of carbonyl (C=O) groups excluding carboxylic acids is 1. The first-order valence-corrected chi connectivity index (χ1v) is 8.49. The minimum absolute atomic E-state index is 0.0101. The molecule has 0 aliphatic carbocycles. The Morgan fingerprint density at radius 2 is 1.56 bits per heavy atom. The summed E-state index contributed by atoms with van der Waals surface area (Å²) in [7, 11) is 6.07. The van der Waals surface area contributed by atoms with E-state index in [1.165, 1.54) is 0 Å². The Labute approximate surface area is 150 Å². The summed E-state index contributed by atoms with van der Waals surface area (Å²) in [5.41, 5.74) is 0.770. The molecule has 0 spiro atoms. The molecule has 5 heteroatoms. The number of hydrogen-bond donors (Lipinski definition) is 1. The minimum atomic E-state index is -0.0101. The van der Waals surface area contributed by atoms with Crippen LogP contribution in [0.2, 0.25) is 0 Å². The highest BCUT2D eigenvalue weighted by Gasteiger charge is 2.07. The van der Waals surface area contributed by atoms with E-state index in [9.17, 15) is 4.79 Å². The van der Waals surface area contributed by atoms with Crippen LogP contribution in [0.1, 0.15) is 6.42 Å². The predicted octanol–water partition coefficient (Wildman–Crippen LogP) is 3.30. The van der Waals surface area contributed by atoms with Gasteiger partial charge in [0.2, 0.25) is 5.91 Å². The number of rotatable bonds is 9. The van der Waals surface area contributed by atoms with E-state index in [0.717, 1.165) is 36.7 Å². The highest BCUT2D eigenvalue weighted by Crippen LogP contribution is 2.22. The van der Waals surface area contributed by atoms with Gasteiger partial charge in [-0.1, -0.05) is 18.2 Å². The van der Waals surface area contributed by atoms with Gasteiger partial charge in [-0.15, -0.1) is 0 Å². The zero-order chi connectivity index (χ0) is 18.1. The van der Waals surface area contributed by atoms with Gasteiger partial charge >= 0.3 is 0 Å². The van der Waals surface area contributed by atoms with Gasteiger partial charge in [0.25, 0.3) is 0 Å². The molecule has 0 aliphatic rings. The lowest BCUT2D eigenvalue weighted by molar-refractivity contribution is -0.117. The van der Waals surface area contributed by atoms with Crippen LogP contribution < -0.4 is 10.1 Å². The van der Waals surface area contributed by atoms with E-state index in [-0.39, 0.29) is 5.91 Å². The van der Waals surface area contributed by atoms with Crippen molar-refractivity contribution < 1.29 is 9.53 Å². The summed E-state index contributed by atoms with van der Waals surface area (Å²) in [6.45, 7) is 2.31. The van der Waals surface area contributed by atoms with Crippen molar-refractivity contribution in [2.75, 3.05) is 46.1 Å². The number of carbonyl (C=O) groups is 1. The third kappa shape index (κ3) is 7.37. The molecule has 2 rings (SSSR count). The van der Waals surface area contributed by atoms with Gasteiger partial charge in [0.1, 0.15) is 11.5 Å². The maximum absolute atomic E-state index is 12.1. The molecule has 1 N–H and O–H groups in total. The second-order valence-electron chi connectivity index (χ2n) is 6.38. The first kappa shape index (κ1) is 19.0. The second-order valence-corrected chi connectivity index (χ2v) is 6.38. The summed E-state index contributed by atoms with van der Waals surface area (Å²) in [4.78, 5) is 16.3. The van der Waals surface area contributed by atoms with E-state index in [0.29, 0.717) is 6.54 Å². The van der Waals surface area contributed by atoms with E-state index in [1.807, 2.05) is 66.5 Å². The fraction of sp³-hybridized carbons (Fsp3) is 0.350. The number of ether oxygens (including phenoxy) is 1. The Morgan fingerprint density at radius 1 is 0.920 bits per heavy atom. The number of hydrogen-bond acceptors (Lipinski definition) is 4. The van der Waals surface area contributed by atoms with Crippen molar-refractivity contribution in [2.24, 2.45) is 0 Å². The Kier molecular flexibility index (Phi) is 7.44. The van der Waals surface area contributed by atoms with Gasteiger partial charge in [-0.3, -0.25) is 9.69 Å². The molecule has 5 nitrogen and oxygen atoms in total. The molecule has 134 valence electrons. The smallest absolute Gasteiger partial charge is 0.238 e. The van der Waals surface area contributed by atoms with Crippen molar-refractivity contribution >= 4 is 11.6 Å². The molecule has 1 amide bonds. The maximum atomic E-state index is 12.1. The van der Waals surface area contributed by atoms with Crippen LogP contribution in [0.5, 0.6) is 11.5 Å². The quantitative estimate of drug-likeness (QED) is 0.760. The summed E-state index contributed by atoms with van der Waals surface area (Å²) in [5, 5.41) is 2.92. The van der Waals surface area contributed by atoms with Gasteiger partial charge in [0.15, 0.2) is 0 Å². The Morgan fingerprint density at radius 3 is 2.20 bits per heavy atom. The monoisotopic (exact) mass is 341 g/mol. The van der Waals surface area contributed by atoms with Crippen LogP contribution in [0.3, 0.4) is 0 Å². The van der Waals surface area contributed by atoms with Crippen molar-refractivity contribution in [1.82, 2.24) is 9.80 Å². The van der Waals surface area contributed by atoms with Gasteiger partial charge in [-0.2, -0.15) is 0 Å². The van der Waals surface area contributed by atoms with Crippen LogP contribution in [0.15, 0.2) is 54.6 Å². The first-order valence-electron chi connectivity index (χ1n) is 8.49. The van der Waals surface area contributed by atoms with Crippen LogP contribution >= 0.6 is 0 Å². The molecular weight excluding hydrogens is 314 g/mol. The minimum Gasteiger partial charge on any atom is -0.457 e. The van der Waals surface area contributed by atoms with Crippen LogP contribution in [0, 0.1) is 0 Å². The van der Waals surface area contributed by atoms with E-state index in [1.54, 1.807) is 0 Å². The van der Waals surface area contributed by atoms with Crippen molar-refractivity contribution in [2.45, 2.75) is 6.42 Å². The van der Waals surface area contributed by atoms with E-state index in [2.05, 4.69) is 24.3 Å². The molecule has 0 aliphatic heterocycles. The van der Waals surface area contributed by atoms with Crippen LogP contribution in [0.4, 0.5) is 5.69 Å². The number of amides is 1. The van der Waals surface area contributed by atoms with Gasteiger partial charge < -0.3 is 15.0 Å². The molecule has 0 atom stereocenters. The molecule has 0 radical (unpaired) electrons. The van der Waals surface area contributed by atoms with E-state index in [4.69, 9.17) is 4.74 Å². The molecule has 0 heterocycles. The molecule has 0 unspecified atom stereocenters. The molecular formula is C20H27N3O2. The van der Waals surface area contributed by atoms with E-state index < -0.39 is 0 Å². The highest BCUT2D eigenvalue weighted by atomic mass is 16.5. The summed E-state index contributed by atoms with van der Waals surface area (Å²) < 4.78 is 5.74. The zero-order valence-electron chi connectivity index (χ0n) is 15.2. The average molecular weight is 341 g/mol. The highest BCUT2D eigenvalue weighted by molar-refractivity contribution is 5.92. The fourth-order valence-corrected chi connectivity index (χ4v) is 2.41. The number of likely N-dealkylation sites (N-methyl/N-ethyl adjacent to an activating group) is 1. The summed E-state index contributed by atoms with van der Waals surface area (Å²) >= 11 is 0. The maximum Gasteiger partial charge on any atom is 0.238 e. The topological polar surface area (TPSA) is 44.8 Å². The lowest BCUT2D eigenvalue weighted by atomic mass is 10.3. The molecule has 25 heavy (non-hydrogen) atoms. The lowest BCUT2D eigenvalue weighted by Gasteiger charge is -2.17. The van der Waals surface area contributed by atoms with Crippen molar-refractivity contribution in [3.8, 4) is 11.5 Å². The first-order chi connectivity index (χ1) is 12.0.